The van der Waals surface area contributed by atoms with Crippen molar-refractivity contribution in [3.8, 4) is 11.6 Å². The molecule has 0 fully saturated rings. The van der Waals surface area contributed by atoms with Gasteiger partial charge in [-0.1, -0.05) is 6.07 Å². The molecule has 0 unspecified atom stereocenters. The second-order valence-corrected chi connectivity index (χ2v) is 5.54. The zero-order valence-corrected chi connectivity index (χ0v) is 12.9. The smallest absolute Gasteiger partial charge is 0.332 e. The summed E-state index contributed by atoms with van der Waals surface area (Å²) in [5.74, 6) is 0.432. The Kier molecular flexibility index (Phi) is 4.16. The van der Waals surface area contributed by atoms with Gasteiger partial charge in [0.1, 0.15) is 5.75 Å². The van der Waals surface area contributed by atoms with E-state index >= 15 is 0 Å². The third-order valence-electron chi connectivity index (χ3n) is 2.29. The third kappa shape index (κ3) is 3.30. The topological polar surface area (TPSA) is 65.3 Å². The molecule has 0 amide bonds. The number of aryl methyl sites for hydroxylation is 1. The van der Waals surface area contributed by atoms with Crippen LogP contribution in [0.2, 0.25) is 0 Å². The maximum atomic E-state index is 11.0. The fourth-order valence-electron chi connectivity index (χ4n) is 1.42. The summed E-state index contributed by atoms with van der Waals surface area (Å²) >= 11 is 6.49. The van der Waals surface area contributed by atoms with Gasteiger partial charge in [0.25, 0.3) is 5.88 Å². The molecule has 1 aromatic carbocycles. The predicted octanol–water partition coefficient (Wildman–Crippen LogP) is 4.62. The Hall–Kier alpha value is -1.47. The largest absolute Gasteiger partial charge is 0.432 e. The van der Waals surface area contributed by atoms with E-state index in [0.29, 0.717) is 14.7 Å². The lowest BCUT2D eigenvalue weighted by Crippen LogP contribution is -1.96. The Balaban J connectivity index is 2.40. The molecule has 0 bridgehead atoms. The average Bonchev–Trinajstić information content (AvgIpc) is 2.34. The first-order valence-electron chi connectivity index (χ1n) is 5.21. The van der Waals surface area contributed by atoms with Crippen molar-refractivity contribution in [2.45, 2.75) is 6.92 Å². The highest BCUT2D eigenvalue weighted by atomic mass is 79.9. The lowest BCUT2D eigenvalue weighted by atomic mass is 10.2. The SMILES string of the molecule is Cc1ccc(Oc2ncc(Br)cc2[N+](=O)[O-])c(Br)c1. The normalized spacial score (nSPS) is 10.3. The van der Waals surface area contributed by atoms with Gasteiger partial charge in [0.15, 0.2) is 0 Å². The fourth-order valence-corrected chi connectivity index (χ4v) is 2.31. The first-order valence-corrected chi connectivity index (χ1v) is 6.80. The maximum absolute atomic E-state index is 11.0. The van der Waals surface area contributed by atoms with Gasteiger partial charge in [-0.15, -0.1) is 0 Å². The highest BCUT2D eigenvalue weighted by Crippen LogP contribution is 2.34. The van der Waals surface area contributed by atoms with Crippen LogP contribution >= 0.6 is 31.9 Å². The van der Waals surface area contributed by atoms with Gasteiger partial charge < -0.3 is 4.74 Å². The van der Waals surface area contributed by atoms with E-state index in [-0.39, 0.29) is 11.6 Å². The van der Waals surface area contributed by atoms with E-state index in [1.54, 1.807) is 6.07 Å². The number of rotatable bonds is 3. The standard InChI is InChI=1S/C12H8Br2N2O3/c1-7-2-3-11(9(14)4-7)19-12-10(16(17)18)5-8(13)6-15-12/h2-6H,1H3. The summed E-state index contributed by atoms with van der Waals surface area (Å²) in [6.07, 6.45) is 1.45. The van der Waals surface area contributed by atoms with Crippen LogP contribution in [0.5, 0.6) is 11.6 Å². The number of benzene rings is 1. The first kappa shape index (κ1) is 14.0. The monoisotopic (exact) mass is 386 g/mol. The summed E-state index contributed by atoms with van der Waals surface area (Å²) in [5, 5.41) is 11.0. The minimum absolute atomic E-state index is 0.0437. The van der Waals surface area contributed by atoms with E-state index < -0.39 is 4.92 Å². The Bertz CT molecular complexity index is 647. The van der Waals surface area contributed by atoms with Crippen LogP contribution in [0.1, 0.15) is 5.56 Å². The van der Waals surface area contributed by atoms with Crippen LogP contribution in [0.3, 0.4) is 0 Å². The molecule has 0 radical (unpaired) electrons. The van der Waals surface area contributed by atoms with Gasteiger partial charge in [0.05, 0.1) is 9.40 Å². The molecule has 0 saturated carbocycles. The summed E-state index contributed by atoms with van der Waals surface area (Å²) in [5.41, 5.74) is 0.861. The van der Waals surface area contributed by atoms with Crippen molar-refractivity contribution in [1.29, 1.82) is 0 Å². The lowest BCUT2D eigenvalue weighted by molar-refractivity contribution is -0.386. The van der Waals surface area contributed by atoms with Crippen molar-refractivity contribution in [2.24, 2.45) is 0 Å². The van der Waals surface area contributed by atoms with E-state index in [1.807, 2.05) is 19.1 Å². The molecule has 0 spiro atoms. The van der Waals surface area contributed by atoms with Crippen molar-refractivity contribution < 1.29 is 9.66 Å². The second-order valence-electron chi connectivity index (χ2n) is 3.77. The lowest BCUT2D eigenvalue weighted by Gasteiger charge is -2.07. The molecule has 2 aromatic rings. The van der Waals surface area contributed by atoms with Crippen molar-refractivity contribution in [2.75, 3.05) is 0 Å². The van der Waals surface area contributed by atoms with Crippen LogP contribution in [-0.4, -0.2) is 9.91 Å². The van der Waals surface area contributed by atoms with Crippen molar-refractivity contribution in [3.05, 3.63) is 55.1 Å². The molecule has 0 N–H and O–H groups in total. The van der Waals surface area contributed by atoms with Crippen LogP contribution in [0.4, 0.5) is 5.69 Å². The number of nitrogens with zero attached hydrogens (tertiary/aromatic N) is 2. The van der Waals surface area contributed by atoms with Gasteiger partial charge in [-0.25, -0.2) is 4.98 Å². The molecule has 0 atom stereocenters. The van der Waals surface area contributed by atoms with Crippen LogP contribution in [0.25, 0.3) is 0 Å². The van der Waals surface area contributed by atoms with Crippen LogP contribution in [0.15, 0.2) is 39.4 Å². The van der Waals surface area contributed by atoms with Crippen LogP contribution < -0.4 is 4.74 Å². The first-order chi connectivity index (χ1) is 8.97. The van der Waals surface area contributed by atoms with Gasteiger partial charge in [-0.2, -0.15) is 0 Å². The number of nitro groups is 1. The number of pyridine rings is 1. The molecule has 7 heteroatoms. The minimum atomic E-state index is -0.533. The van der Waals surface area contributed by atoms with Crippen LogP contribution in [-0.2, 0) is 0 Å². The number of hydrogen-bond donors (Lipinski definition) is 0. The summed E-state index contributed by atoms with van der Waals surface area (Å²) < 4.78 is 6.73. The third-order valence-corrected chi connectivity index (χ3v) is 3.34. The van der Waals surface area contributed by atoms with Crippen LogP contribution in [0, 0.1) is 17.0 Å². The molecule has 5 nitrogen and oxygen atoms in total. The number of aromatic nitrogens is 1. The second kappa shape index (κ2) is 5.66. The number of halogens is 2. The zero-order valence-electron chi connectivity index (χ0n) is 9.76. The summed E-state index contributed by atoms with van der Waals surface area (Å²) in [7, 11) is 0. The minimum Gasteiger partial charge on any atom is -0.432 e. The Labute approximate surface area is 126 Å². The van der Waals surface area contributed by atoms with E-state index in [0.717, 1.165) is 5.56 Å². The molecule has 0 aliphatic rings. The molecule has 1 aromatic heterocycles. The summed E-state index contributed by atoms with van der Waals surface area (Å²) in [4.78, 5) is 14.4. The van der Waals surface area contributed by atoms with E-state index in [4.69, 9.17) is 4.74 Å². The maximum Gasteiger partial charge on any atom is 0.332 e. The molecular formula is C12H8Br2N2O3. The molecule has 2 rings (SSSR count). The zero-order chi connectivity index (χ0) is 14.0. The summed E-state index contributed by atoms with van der Waals surface area (Å²) in [6, 6.07) is 6.79. The Morgan fingerprint density at radius 2 is 2.05 bits per heavy atom. The molecule has 0 aliphatic carbocycles. The van der Waals surface area contributed by atoms with Gasteiger partial charge in [0, 0.05) is 16.7 Å². The molecule has 0 saturated heterocycles. The van der Waals surface area contributed by atoms with Gasteiger partial charge in [-0.05, 0) is 56.5 Å². The highest BCUT2D eigenvalue weighted by molar-refractivity contribution is 9.10. The predicted molar refractivity (Wildman–Crippen MR) is 77.5 cm³/mol. The Morgan fingerprint density at radius 3 is 2.68 bits per heavy atom. The van der Waals surface area contributed by atoms with Crippen molar-refractivity contribution in [1.82, 2.24) is 4.98 Å². The summed E-state index contributed by atoms with van der Waals surface area (Å²) in [6.45, 7) is 1.94. The van der Waals surface area contributed by atoms with Gasteiger partial charge in [-0.3, -0.25) is 10.1 Å². The molecule has 1 heterocycles. The Morgan fingerprint density at radius 1 is 1.32 bits per heavy atom. The number of hydrogen-bond acceptors (Lipinski definition) is 4. The van der Waals surface area contributed by atoms with E-state index in [2.05, 4.69) is 36.8 Å². The molecular weight excluding hydrogens is 380 g/mol. The van der Waals surface area contributed by atoms with Crippen molar-refractivity contribution in [3.63, 3.8) is 0 Å². The average molecular weight is 388 g/mol. The van der Waals surface area contributed by atoms with Crippen molar-refractivity contribution >= 4 is 37.5 Å². The van der Waals surface area contributed by atoms with E-state index in [9.17, 15) is 10.1 Å². The van der Waals surface area contributed by atoms with Gasteiger partial charge >= 0.3 is 5.69 Å². The fraction of sp³-hybridized carbons (Fsp3) is 0.0833. The van der Waals surface area contributed by atoms with Gasteiger partial charge in [0.2, 0.25) is 0 Å². The molecule has 98 valence electrons. The number of ether oxygens (including phenoxy) is 1. The highest BCUT2D eigenvalue weighted by Gasteiger charge is 2.19. The quantitative estimate of drug-likeness (QED) is 0.569. The molecule has 0 aliphatic heterocycles. The van der Waals surface area contributed by atoms with E-state index in [1.165, 1.54) is 12.3 Å². The molecule has 19 heavy (non-hydrogen) atoms.